The average Bonchev–Trinajstić information content (AvgIpc) is 2.37. The summed E-state index contributed by atoms with van der Waals surface area (Å²) in [5.74, 6) is 0.819. The Hall–Kier alpha value is -1.39. The second kappa shape index (κ2) is 6.17. The molecule has 2 aromatic rings. The third-order valence-corrected chi connectivity index (χ3v) is 3.28. The summed E-state index contributed by atoms with van der Waals surface area (Å²) in [4.78, 5) is 4.16. The fraction of sp³-hybridized carbons (Fsp3) is 0.267. The predicted octanol–water partition coefficient (Wildman–Crippen LogP) is 3.75. The van der Waals surface area contributed by atoms with Crippen molar-refractivity contribution in [1.82, 2.24) is 4.98 Å². The molecular formula is C15H17BrN2O. The van der Waals surface area contributed by atoms with E-state index in [1.807, 2.05) is 44.4 Å². The minimum Gasteiger partial charge on any atom is -0.489 e. The maximum absolute atomic E-state index is 5.96. The lowest BCUT2D eigenvalue weighted by atomic mass is 10.1. The maximum atomic E-state index is 5.96. The number of aromatic nitrogens is 1. The van der Waals surface area contributed by atoms with Gasteiger partial charge < -0.3 is 10.5 Å². The van der Waals surface area contributed by atoms with Crippen molar-refractivity contribution in [3.63, 3.8) is 0 Å². The van der Waals surface area contributed by atoms with Gasteiger partial charge in [0.1, 0.15) is 12.4 Å². The largest absolute Gasteiger partial charge is 0.489 e. The van der Waals surface area contributed by atoms with Gasteiger partial charge in [-0.1, -0.05) is 15.9 Å². The second-order valence-electron chi connectivity index (χ2n) is 4.63. The van der Waals surface area contributed by atoms with E-state index in [0.29, 0.717) is 6.61 Å². The highest BCUT2D eigenvalue weighted by molar-refractivity contribution is 9.10. The predicted molar refractivity (Wildman–Crippen MR) is 80.1 cm³/mol. The number of benzene rings is 1. The first kappa shape index (κ1) is 14.0. The van der Waals surface area contributed by atoms with Gasteiger partial charge in [0.25, 0.3) is 0 Å². The number of hydrogen-bond donors (Lipinski definition) is 1. The van der Waals surface area contributed by atoms with Crippen LogP contribution in [-0.4, -0.2) is 4.98 Å². The van der Waals surface area contributed by atoms with Crippen LogP contribution in [0.15, 0.2) is 41.1 Å². The SMILES string of the molecule is Cc1cncc(COc2ccc(Br)cc2[C@H](C)N)c1. The standard InChI is InChI=1S/C15H17BrN2O/c1-10-5-12(8-18-7-10)9-19-15-4-3-13(16)6-14(15)11(2)17/h3-8,11H,9,17H2,1-2H3/t11-/m0/s1. The number of aryl methyl sites for hydroxylation is 1. The Bertz CT molecular complexity index is 570. The van der Waals surface area contributed by atoms with Crippen LogP contribution in [0, 0.1) is 6.92 Å². The summed E-state index contributed by atoms with van der Waals surface area (Å²) >= 11 is 3.45. The van der Waals surface area contributed by atoms with Crippen LogP contribution in [-0.2, 0) is 6.61 Å². The third-order valence-electron chi connectivity index (χ3n) is 2.79. The third kappa shape index (κ3) is 3.78. The monoisotopic (exact) mass is 320 g/mol. The number of pyridine rings is 1. The molecule has 0 aliphatic rings. The van der Waals surface area contributed by atoms with Gasteiger partial charge in [0.05, 0.1) is 0 Å². The lowest BCUT2D eigenvalue weighted by Gasteiger charge is -2.14. The molecule has 19 heavy (non-hydrogen) atoms. The molecule has 0 radical (unpaired) electrons. The molecule has 0 aliphatic heterocycles. The van der Waals surface area contributed by atoms with E-state index >= 15 is 0 Å². The fourth-order valence-electron chi connectivity index (χ4n) is 1.86. The summed E-state index contributed by atoms with van der Waals surface area (Å²) in [6.07, 6.45) is 3.65. The Balaban J connectivity index is 2.15. The number of nitrogens with zero attached hydrogens (tertiary/aromatic N) is 1. The van der Waals surface area contributed by atoms with Crippen LogP contribution < -0.4 is 10.5 Å². The van der Waals surface area contributed by atoms with Gasteiger partial charge in [-0.15, -0.1) is 0 Å². The highest BCUT2D eigenvalue weighted by Crippen LogP contribution is 2.28. The molecule has 1 aromatic carbocycles. The zero-order valence-electron chi connectivity index (χ0n) is 11.1. The Morgan fingerprint density at radius 2 is 2.11 bits per heavy atom. The first-order chi connectivity index (χ1) is 9.06. The van der Waals surface area contributed by atoms with Gasteiger partial charge in [-0.25, -0.2) is 0 Å². The molecule has 0 amide bonds. The molecule has 1 atom stereocenters. The molecule has 2 rings (SSSR count). The van der Waals surface area contributed by atoms with Crippen LogP contribution in [0.1, 0.15) is 29.7 Å². The molecule has 4 heteroatoms. The summed E-state index contributed by atoms with van der Waals surface area (Å²) in [5.41, 5.74) is 9.14. The summed E-state index contributed by atoms with van der Waals surface area (Å²) < 4.78 is 6.86. The van der Waals surface area contributed by atoms with Crippen molar-refractivity contribution in [2.75, 3.05) is 0 Å². The van der Waals surface area contributed by atoms with Crippen molar-refractivity contribution in [3.05, 3.63) is 57.8 Å². The Morgan fingerprint density at radius 3 is 2.79 bits per heavy atom. The fourth-order valence-corrected chi connectivity index (χ4v) is 2.24. The van der Waals surface area contributed by atoms with Crippen LogP contribution >= 0.6 is 15.9 Å². The van der Waals surface area contributed by atoms with Crippen molar-refractivity contribution in [2.45, 2.75) is 26.5 Å². The van der Waals surface area contributed by atoms with E-state index in [0.717, 1.165) is 26.9 Å². The van der Waals surface area contributed by atoms with Crippen molar-refractivity contribution < 1.29 is 4.74 Å². The molecule has 0 saturated heterocycles. The highest BCUT2D eigenvalue weighted by Gasteiger charge is 2.09. The minimum atomic E-state index is -0.0665. The van der Waals surface area contributed by atoms with Gasteiger partial charge in [-0.2, -0.15) is 0 Å². The minimum absolute atomic E-state index is 0.0665. The summed E-state index contributed by atoms with van der Waals surface area (Å²) in [6, 6.07) is 7.89. The highest BCUT2D eigenvalue weighted by atomic mass is 79.9. The lowest BCUT2D eigenvalue weighted by molar-refractivity contribution is 0.301. The van der Waals surface area contributed by atoms with Crippen LogP contribution in [0.5, 0.6) is 5.75 Å². The molecule has 1 heterocycles. The normalized spacial score (nSPS) is 12.2. The first-order valence-electron chi connectivity index (χ1n) is 6.14. The molecule has 0 spiro atoms. The van der Waals surface area contributed by atoms with Crippen molar-refractivity contribution in [2.24, 2.45) is 5.73 Å². The lowest BCUT2D eigenvalue weighted by Crippen LogP contribution is -2.08. The van der Waals surface area contributed by atoms with E-state index in [-0.39, 0.29) is 6.04 Å². The van der Waals surface area contributed by atoms with E-state index < -0.39 is 0 Å². The average molecular weight is 321 g/mol. The van der Waals surface area contributed by atoms with Gasteiger partial charge in [0.2, 0.25) is 0 Å². The van der Waals surface area contributed by atoms with E-state index in [1.165, 1.54) is 0 Å². The van der Waals surface area contributed by atoms with E-state index in [1.54, 1.807) is 0 Å². The zero-order chi connectivity index (χ0) is 13.8. The molecule has 3 nitrogen and oxygen atoms in total. The van der Waals surface area contributed by atoms with Gasteiger partial charge in [0, 0.05) is 34.0 Å². The number of hydrogen-bond acceptors (Lipinski definition) is 3. The van der Waals surface area contributed by atoms with Crippen LogP contribution in [0.2, 0.25) is 0 Å². The molecular weight excluding hydrogens is 304 g/mol. The smallest absolute Gasteiger partial charge is 0.124 e. The van der Waals surface area contributed by atoms with E-state index in [9.17, 15) is 0 Å². The molecule has 0 fully saturated rings. The first-order valence-corrected chi connectivity index (χ1v) is 6.94. The van der Waals surface area contributed by atoms with Gasteiger partial charge in [-0.3, -0.25) is 4.98 Å². The quantitative estimate of drug-likeness (QED) is 0.933. The van der Waals surface area contributed by atoms with Gasteiger partial charge in [-0.05, 0) is 43.7 Å². The Morgan fingerprint density at radius 1 is 1.32 bits per heavy atom. The maximum Gasteiger partial charge on any atom is 0.124 e. The van der Waals surface area contributed by atoms with Gasteiger partial charge in [0.15, 0.2) is 0 Å². The molecule has 0 aliphatic carbocycles. The van der Waals surface area contributed by atoms with Crippen molar-refractivity contribution >= 4 is 15.9 Å². The summed E-state index contributed by atoms with van der Waals surface area (Å²) in [6.45, 7) is 4.46. The molecule has 0 bridgehead atoms. The van der Waals surface area contributed by atoms with Crippen LogP contribution in [0.3, 0.4) is 0 Å². The zero-order valence-corrected chi connectivity index (χ0v) is 12.6. The summed E-state index contributed by atoms with van der Waals surface area (Å²) in [5, 5.41) is 0. The number of ether oxygens (including phenoxy) is 1. The number of nitrogens with two attached hydrogens (primary N) is 1. The number of rotatable bonds is 4. The van der Waals surface area contributed by atoms with Crippen molar-refractivity contribution in [3.8, 4) is 5.75 Å². The Kier molecular flexibility index (Phi) is 4.56. The second-order valence-corrected chi connectivity index (χ2v) is 5.55. The molecule has 100 valence electrons. The molecule has 0 saturated carbocycles. The Labute approximate surface area is 121 Å². The summed E-state index contributed by atoms with van der Waals surface area (Å²) in [7, 11) is 0. The van der Waals surface area contributed by atoms with Gasteiger partial charge >= 0.3 is 0 Å². The van der Waals surface area contributed by atoms with Crippen molar-refractivity contribution in [1.29, 1.82) is 0 Å². The number of halogens is 1. The van der Waals surface area contributed by atoms with E-state index in [4.69, 9.17) is 10.5 Å². The molecule has 1 aromatic heterocycles. The molecule has 2 N–H and O–H groups in total. The van der Waals surface area contributed by atoms with Crippen LogP contribution in [0.4, 0.5) is 0 Å². The molecule has 0 unspecified atom stereocenters. The topological polar surface area (TPSA) is 48.1 Å². The van der Waals surface area contributed by atoms with Crippen LogP contribution in [0.25, 0.3) is 0 Å². The van der Waals surface area contributed by atoms with E-state index in [2.05, 4.69) is 27.0 Å².